The number of aromatic nitrogens is 1. The topological polar surface area (TPSA) is 90.2 Å². The lowest BCUT2D eigenvalue weighted by Gasteiger charge is -2.26. The number of carbonyl (C=O) groups excluding carboxylic acids is 1. The summed E-state index contributed by atoms with van der Waals surface area (Å²) in [4.78, 5) is 17.7. The highest BCUT2D eigenvalue weighted by Gasteiger charge is 2.26. The van der Waals surface area contributed by atoms with Crippen LogP contribution in [-0.2, 0) is 26.0 Å². The van der Waals surface area contributed by atoms with Gasteiger partial charge in [-0.25, -0.2) is 8.42 Å². The Balaban J connectivity index is 1.67. The summed E-state index contributed by atoms with van der Waals surface area (Å²) in [7, 11) is -2.05. The molecule has 0 N–H and O–H groups in total. The van der Waals surface area contributed by atoms with Crippen LogP contribution in [0.25, 0.3) is 10.2 Å². The van der Waals surface area contributed by atoms with Gasteiger partial charge in [0.1, 0.15) is 0 Å². The Hall–Kier alpha value is -1.79. The normalized spacial score (nSPS) is 15.9. The Labute approximate surface area is 205 Å². The highest BCUT2D eigenvalue weighted by atomic mass is 35.5. The van der Waals surface area contributed by atoms with Gasteiger partial charge in [0.15, 0.2) is 4.80 Å². The lowest BCUT2D eigenvalue weighted by atomic mass is 10.2. The maximum absolute atomic E-state index is 12.9. The van der Waals surface area contributed by atoms with Crippen LogP contribution in [0.5, 0.6) is 0 Å². The number of amides is 1. The summed E-state index contributed by atoms with van der Waals surface area (Å²) in [6, 6.07) is 9.19. The summed E-state index contributed by atoms with van der Waals surface area (Å²) in [6.45, 7) is 2.18. The van der Waals surface area contributed by atoms with Gasteiger partial charge in [-0.05, 0) is 36.4 Å². The molecule has 2 heterocycles. The molecule has 176 valence electrons. The number of ether oxygens (including phenoxy) is 2. The summed E-state index contributed by atoms with van der Waals surface area (Å²) in [5, 5.41) is 0.944. The minimum absolute atomic E-state index is 0.124. The van der Waals surface area contributed by atoms with E-state index in [2.05, 4.69) is 4.99 Å². The number of benzene rings is 2. The van der Waals surface area contributed by atoms with Crippen LogP contribution in [0.4, 0.5) is 0 Å². The van der Waals surface area contributed by atoms with Gasteiger partial charge in [0.05, 0.1) is 40.0 Å². The molecule has 2 aromatic carbocycles. The van der Waals surface area contributed by atoms with Crippen LogP contribution in [0.1, 0.15) is 10.4 Å². The molecule has 0 atom stereocenters. The Morgan fingerprint density at radius 1 is 1.18 bits per heavy atom. The van der Waals surface area contributed by atoms with Gasteiger partial charge < -0.3 is 14.0 Å². The summed E-state index contributed by atoms with van der Waals surface area (Å²) >= 11 is 13.8. The number of thiazole rings is 1. The fourth-order valence-electron chi connectivity index (χ4n) is 3.46. The number of fused-ring (bicyclic) bond motifs is 1. The van der Waals surface area contributed by atoms with E-state index >= 15 is 0 Å². The molecule has 0 aliphatic carbocycles. The molecule has 0 unspecified atom stereocenters. The fourth-order valence-corrected chi connectivity index (χ4v) is 6.71. The SMILES string of the molecule is COCCn1c(=NC(=O)c2ccc(S(=O)(=O)N3CCOCC3)cc2)sc2cc(Cl)cc(Cl)c21. The second kappa shape index (κ2) is 10.2. The lowest BCUT2D eigenvalue weighted by molar-refractivity contribution is 0.0730. The van der Waals surface area contributed by atoms with Gasteiger partial charge in [-0.3, -0.25) is 4.79 Å². The van der Waals surface area contributed by atoms with Gasteiger partial charge in [0, 0.05) is 37.3 Å². The number of rotatable bonds is 6. The second-order valence-corrected chi connectivity index (χ2v) is 11.0. The van der Waals surface area contributed by atoms with E-state index in [0.717, 1.165) is 10.2 Å². The quantitative estimate of drug-likeness (QED) is 0.487. The average molecular weight is 530 g/mol. The van der Waals surface area contributed by atoms with Crippen molar-refractivity contribution >= 4 is 60.7 Å². The van der Waals surface area contributed by atoms with Gasteiger partial charge in [-0.2, -0.15) is 9.30 Å². The number of carbonyl (C=O) groups is 1. The van der Waals surface area contributed by atoms with Crippen molar-refractivity contribution in [1.29, 1.82) is 0 Å². The Kier molecular flexibility index (Phi) is 7.54. The van der Waals surface area contributed by atoms with E-state index < -0.39 is 15.9 Å². The van der Waals surface area contributed by atoms with E-state index in [-0.39, 0.29) is 10.5 Å². The predicted octanol–water partition coefficient (Wildman–Crippen LogP) is 3.42. The van der Waals surface area contributed by atoms with E-state index in [1.165, 1.54) is 39.9 Å². The predicted molar refractivity (Wildman–Crippen MR) is 128 cm³/mol. The fraction of sp³-hybridized carbons (Fsp3) is 0.333. The zero-order valence-corrected chi connectivity index (χ0v) is 20.8. The minimum atomic E-state index is -3.64. The Morgan fingerprint density at radius 3 is 2.55 bits per heavy atom. The summed E-state index contributed by atoms with van der Waals surface area (Å²) in [5.41, 5.74) is 0.998. The molecular formula is C21H21Cl2N3O5S2. The highest BCUT2D eigenvalue weighted by Crippen LogP contribution is 2.29. The smallest absolute Gasteiger partial charge is 0.279 e. The van der Waals surface area contributed by atoms with Crippen LogP contribution in [0, 0.1) is 0 Å². The van der Waals surface area contributed by atoms with Crippen molar-refractivity contribution in [3.8, 4) is 0 Å². The summed E-state index contributed by atoms with van der Waals surface area (Å²) in [6.07, 6.45) is 0. The summed E-state index contributed by atoms with van der Waals surface area (Å²) < 4.78 is 40.0. The zero-order valence-electron chi connectivity index (χ0n) is 17.7. The molecule has 33 heavy (non-hydrogen) atoms. The number of halogens is 2. The maximum Gasteiger partial charge on any atom is 0.279 e. The van der Waals surface area contributed by atoms with Crippen molar-refractivity contribution < 1.29 is 22.7 Å². The first-order chi connectivity index (χ1) is 15.8. The van der Waals surface area contributed by atoms with Crippen molar-refractivity contribution in [2.45, 2.75) is 11.4 Å². The molecule has 0 bridgehead atoms. The Morgan fingerprint density at radius 2 is 1.88 bits per heavy atom. The maximum atomic E-state index is 12.9. The van der Waals surface area contributed by atoms with E-state index in [9.17, 15) is 13.2 Å². The third-order valence-corrected chi connectivity index (χ3v) is 8.57. The van der Waals surface area contributed by atoms with Crippen LogP contribution in [0.15, 0.2) is 46.3 Å². The van der Waals surface area contributed by atoms with Crippen molar-refractivity contribution in [1.82, 2.24) is 8.87 Å². The van der Waals surface area contributed by atoms with Gasteiger partial charge in [0.25, 0.3) is 5.91 Å². The Bertz CT molecular complexity index is 1340. The molecule has 12 heteroatoms. The largest absolute Gasteiger partial charge is 0.383 e. The summed E-state index contributed by atoms with van der Waals surface area (Å²) in [5.74, 6) is -0.495. The van der Waals surface area contributed by atoms with Crippen molar-refractivity contribution in [3.05, 3.63) is 56.8 Å². The molecule has 8 nitrogen and oxygen atoms in total. The molecule has 1 saturated heterocycles. The standard InChI is InChI=1S/C21H21Cl2N3O5S2/c1-30-9-8-26-19-17(23)12-15(22)13-18(19)32-21(26)24-20(27)14-2-4-16(5-3-14)33(28,29)25-6-10-31-11-7-25/h2-5,12-13H,6-11H2,1H3. The molecule has 3 aromatic rings. The molecule has 1 aliphatic rings. The number of hydrogen-bond donors (Lipinski definition) is 0. The van der Waals surface area contributed by atoms with Crippen LogP contribution in [-0.4, -0.2) is 63.2 Å². The van der Waals surface area contributed by atoms with Crippen LogP contribution in [0.3, 0.4) is 0 Å². The first kappa shape index (κ1) is 24.3. The van der Waals surface area contributed by atoms with E-state index in [4.69, 9.17) is 32.7 Å². The number of morpholine rings is 1. The van der Waals surface area contributed by atoms with Crippen LogP contribution >= 0.6 is 34.5 Å². The number of methoxy groups -OCH3 is 1. The number of nitrogens with zero attached hydrogens (tertiary/aromatic N) is 3. The number of hydrogen-bond acceptors (Lipinski definition) is 6. The van der Waals surface area contributed by atoms with Crippen molar-refractivity contribution in [3.63, 3.8) is 0 Å². The average Bonchev–Trinajstić information content (AvgIpc) is 3.15. The number of sulfonamides is 1. The van der Waals surface area contributed by atoms with Gasteiger partial charge >= 0.3 is 0 Å². The lowest BCUT2D eigenvalue weighted by Crippen LogP contribution is -2.40. The third kappa shape index (κ3) is 5.17. The van der Waals surface area contributed by atoms with Gasteiger partial charge in [0.2, 0.25) is 10.0 Å². The van der Waals surface area contributed by atoms with E-state index in [1.54, 1.807) is 19.2 Å². The van der Waals surface area contributed by atoms with Crippen molar-refractivity contribution in [2.75, 3.05) is 40.0 Å². The first-order valence-electron chi connectivity index (χ1n) is 10.1. The molecule has 0 spiro atoms. The molecule has 4 rings (SSSR count). The van der Waals surface area contributed by atoms with Gasteiger partial charge in [-0.1, -0.05) is 34.5 Å². The molecule has 1 aliphatic heterocycles. The highest BCUT2D eigenvalue weighted by molar-refractivity contribution is 7.89. The molecule has 1 amide bonds. The monoisotopic (exact) mass is 529 g/mol. The molecular weight excluding hydrogens is 509 g/mol. The third-order valence-electron chi connectivity index (χ3n) is 5.12. The van der Waals surface area contributed by atoms with E-state index in [0.29, 0.717) is 54.3 Å². The molecule has 0 saturated carbocycles. The molecule has 0 radical (unpaired) electrons. The van der Waals surface area contributed by atoms with E-state index in [1.807, 2.05) is 4.57 Å². The second-order valence-electron chi connectivity index (χ2n) is 7.22. The first-order valence-corrected chi connectivity index (χ1v) is 13.1. The minimum Gasteiger partial charge on any atom is -0.383 e. The zero-order chi connectivity index (χ0) is 23.6. The molecule has 1 fully saturated rings. The van der Waals surface area contributed by atoms with Gasteiger partial charge in [-0.15, -0.1) is 0 Å². The van der Waals surface area contributed by atoms with Crippen LogP contribution < -0.4 is 4.80 Å². The van der Waals surface area contributed by atoms with Crippen molar-refractivity contribution in [2.24, 2.45) is 4.99 Å². The molecule has 1 aromatic heterocycles. The van der Waals surface area contributed by atoms with Crippen LogP contribution in [0.2, 0.25) is 10.0 Å².